The van der Waals surface area contributed by atoms with Crippen molar-refractivity contribution in [1.29, 1.82) is 0 Å². The Balaban J connectivity index is 1.10. The van der Waals surface area contributed by atoms with E-state index in [2.05, 4.69) is 144 Å². The minimum atomic E-state index is 1.24. The molecule has 0 saturated heterocycles. The smallest absolute Gasteiger partial charge is 0.0349 e. The number of hydrogen-bond acceptors (Lipinski definition) is 2. The maximum atomic E-state index is 2.37. The van der Waals surface area contributed by atoms with E-state index in [1.807, 2.05) is 22.7 Å². The minimum absolute atomic E-state index is 1.24. The lowest BCUT2D eigenvalue weighted by atomic mass is 9.95. The van der Waals surface area contributed by atoms with Gasteiger partial charge in [0.2, 0.25) is 0 Å². The molecule has 10 rings (SSSR count). The second kappa shape index (κ2) is 9.24. The Kier molecular flexibility index (Phi) is 5.13. The Morgan fingerprint density at radius 2 is 0.682 bits per heavy atom. The fraction of sp³-hybridized carbons (Fsp3) is 0. The highest BCUT2D eigenvalue weighted by Crippen LogP contribution is 2.35. The molecule has 0 saturated carbocycles. The minimum Gasteiger partial charge on any atom is -0.144 e. The molecule has 0 spiro atoms. The third-order valence-electron chi connectivity index (χ3n) is 9.24. The van der Waals surface area contributed by atoms with E-state index in [4.69, 9.17) is 0 Å². The SMILES string of the molecule is C(=C/c1cccc2cc3cc4cc5ccsc5cc4cc3cc12)/c1cccc2cc3cc4cc5ccsc5cc4cc3cc12. The lowest BCUT2D eigenvalue weighted by molar-refractivity contribution is 1.73. The van der Waals surface area contributed by atoms with Gasteiger partial charge in [0.05, 0.1) is 0 Å². The average molecular weight is 593 g/mol. The van der Waals surface area contributed by atoms with Crippen LogP contribution in [0, 0.1) is 0 Å². The van der Waals surface area contributed by atoms with Crippen LogP contribution < -0.4 is 0 Å². The molecule has 10 aromatic rings. The van der Waals surface area contributed by atoms with Crippen LogP contribution in [-0.4, -0.2) is 0 Å². The summed E-state index contributed by atoms with van der Waals surface area (Å²) in [6, 6.07) is 45.9. The molecule has 8 aromatic carbocycles. The van der Waals surface area contributed by atoms with E-state index in [9.17, 15) is 0 Å². The molecular formula is C42H24S2. The molecule has 204 valence electrons. The Hall–Kier alpha value is -5.02. The van der Waals surface area contributed by atoms with Crippen molar-refractivity contribution in [1.82, 2.24) is 0 Å². The molecule has 2 aromatic heterocycles. The van der Waals surface area contributed by atoms with Gasteiger partial charge in [0.15, 0.2) is 0 Å². The van der Waals surface area contributed by atoms with Crippen molar-refractivity contribution in [3.05, 3.63) is 143 Å². The molecule has 0 fully saturated rings. The van der Waals surface area contributed by atoms with Gasteiger partial charge in [0.1, 0.15) is 0 Å². The van der Waals surface area contributed by atoms with Crippen molar-refractivity contribution in [2.24, 2.45) is 0 Å². The van der Waals surface area contributed by atoms with Crippen molar-refractivity contribution < 1.29 is 0 Å². The largest absolute Gasteiger partial charge is 0.144 e. The second-order valence-electron chi connectivity index (χ2n) is 11.9. The van der Waals surface area contributed by atoms with E-state index in [1.54, 1.807) is 0 Å². The quantitative estimate of drug-likeness (QED) is 0.138. The first-order valence-corrected chi connectivity index (χ1v) is 16.7. The fourth-order valence-corrected chi connectivity index (χ4v) is 8.63. The van der Waals surface area contributed by atoms with Crippen molar-refractivity contribution in [3.63, 3.8) is 0 Å². The zero-order valence-electron chi connectivity index (χ0n) is 23.7. The maximum absolute atomic E-state index is 2.37. The monoisotopic (exact) mass is 592 g/mol. The zero-order chi connectivity index (χ0) is 28.8. The van der Waals surface area contributed by atoms with Gasteiger partial charge in [-0.3, -0.25) is 0 Å². The van der Waals surface area contributed by atoms with Gasteiger partial charge in [-0.15, -0.1) is 22.7 Å². The number of rotatable bonds is 2. The van der Waals surface area contributed by atoms with E-state index in [0.717, 1.165) is 0 Å². The standard InChI is InChI=1S/C42H24S2/c1-3-25(39-21-35-19-37-23-41-29(9-11-43-41)15-33(37)17-31(35)13-27(39)5-1)7-8-26-4-2-6-28-14-32-18-34-16-30-10-12-44-42(30)24-38(34)20-36(32)22-40(26)28/h1-24H/b8-7-. The molecule has 0 aliphatic rings. The molecule has 2 heterocycles. The van der Waals surface area contributed by atoms with Gasteiger partial charge in [0, 0.05) is 9.40 Å². The lowest BCUT2D eigenvalue weighted by Gasteiger charge is -2.09. The molecule has 0 bridgehead atoms. The summed E-state index contributed by atoms with van der Waals surface area (Å²) in [6.45, 7) is 0. The van der Waals surface area contributed by atoms with E-state index in [0.29, 0.717) is 0 Å². The van der Waals surface area contributed by atoms with E-state index in [1.165, 1.54) is 95.9 Å². The topological polar surface area (TPSA) is 0 Å². The molecule has 0 unspecified atom stereocenters. The lowest BCUT2D eigenvalue weighted by Crippen LogP contribution is -1.83. The predicted octanol–water partition coefficient (Wildman–Crippen LogP) is 13.2. The molecule has 0 nitrogen and oxygen atoms in total. The van der Waals surface area contributed by atoms with Crippen molar-refractivity contribution in [2.45, 2.75) is 0 Å². The first-order valence-electron chi connectivity index (χ1n) is 15.0. The Morgan fingerprint density at radius 3 is 1.14 bits per heavy atom. The third-order valence-corrected chi connectivity index (χ3v) is 11.0. The summed E-state index contributed by atoms with van der Waals surface area (Å²) in [7, 11) is 0. The van der Waals surface area contributed by atoms with E-state index < -0.39 is 0 Å². The number of fused-ring (bicyclic) bond motifs is 8. The van der Waals surface area contributed by atoms with Crippen LogP contribution in [-0.2, 0) is 0 Å². The molecule has 0 atom stereocenters. The van der Waals surface area contributed by atoms with Crippen LogP contribution in [0.2, 0.25) is 0 Å². The van der Waals surface area contributed by atoms with Crippen molar-refractivity contribution in [2.75, 3.05) is 0 Å². The second-order valence-corrected chi connectivity index (χ2v) is 13.8. The Morgan fingerprint density at radius 1 is 0.318 bits per heavy atom. The van der Waals surface area contributed by atoms with Gasteiger partial charge in [-0.05, 0) is 182 Å². The Labute approximate surface area is 261 Å². The summed E-state index contributed by atoms with van der Waals surface area (Å²) in [5.41, 5.74) is 2.48. The van der Waals surface area contributed by atoms with Crippen LogP contribution in [0.5, 0.6) is 0 Å². The molecule has 0 amide bonds. The van der Waals surface area contributed by atoms with E-state index in [-0.39, 0.29) is 0 Å². The van der Waals surface area contributed by atoms with Crippen LogP contribution in [0.3, 0.4) is 0 Å². The van der Waals surface area contributed by atoms with Crippen LogP contribution in [0.25, 0.3) is 97.0 Å². The number of hydrogen-bond donors (Lipinski definition) is 0. The van der Waals surface area contributed by atoms with Gasteiger partial charge in [-0.25, -0.2) is 0 Å². The molecule has 0 radical (unpaired) electrons. The summed E-state index contributed by atoms with van der Waals surface area (Å²) in [5, 5.41) is 22.5. The summed E-state index contributed by atoms with van der Waals surface area (Å²) in [4.78, 5) is 0. The molecule has 2 heteroatoms. The molecule has 0 aliphatic heterocycles. The highest BCUT2D eigenvalue weighted by molar-refractivity contribution is 7.17. The average Bonchev–Trinajstić information content (AvgIpc) is 3.70. The van der Waals surface area contributed by atoms with Crippen LogP contribution >= 0.6 is 22.7 Å². The van der Waals surface area contributed by atoms with E-state index >= 15 is 0 Å². The van der Waals surface area contributed by atoms with Crippen LogP contribution in [0.4, 0.5) is 0 Å². The number of benzene rings is 8. The Bertz CT molecular complexity index is 2630. The maximum Gasteiger partial charge on any atom is 0.0349 e. The van der Waals surface area contributed by atoms with Crippen LogP contribution in [0.15, 0.2) is 132 Å². The summed E-state index contributed by atoms with van der Waals surface area (Å²) >= 11 is 3.62. The van der Waals surface area contributed by atoms with Gasteiger partial charge >= 0.3 is 0 Å². The summed E-state index contributed by atoms with van der Waals surface area (Å²) < 4.78 is 2.69. The normalized spacial score (nSPS) is 12.5. The van der Waals surface area contributed by atoms with Gasteiger partial charge in [0.25, 0.3) is 0 Å². The van der Waals surface area contributed by atoms with Crippen molar-refractivity contribution in [3.8, 4) is 0 Å². The predicted molar refractivity (Wildman–Crippen MR) is 198 cm³/mol. The van der Waals surface area contributed by atoms with Gasteiger partial charge in [-0.1, -0.05) is 48.6 Å². The number of thiophene rings is 2. The zero-order valence-corrected chi connectivity index (χ0v) is 25.3. The first-order chi connectivity index (χ1) is 21.7. The molecule has 44 heavy (non-hydrogen) atoms. The summed E-state index contributed by atoms with van der Waals surface area (Å²) in [6.07, 6.45) is 4.58. The summed E-state index contributed by atoms with van der Waals surface area (Å²) in [5.74, 6) is 0. The highest BCUT2D eigenvalue weighted by Gasteiger charge is 2.08. The molecule has 0 aliphatic carbocycles. The van der Waals surface area contributed by atoms with Gasteiger partial charge in [-0.2, -0.15) is 0 Å². The van der Waals surface area contributed by atoms with Crippen LogP contribution in [0.1, 0.15) is 11.1 Å². The molecular weight excluding hydrogens is 569 g/mol. The third kappa shape index (κ3) is 3.82. The van der Waals surface area contributed by atoms with Gasteiger partial charge < -0.3 is 0 Å². The fourth-order valence-electron chi connectivity index (χ4n) is 6.99. The first kappa shape index (κ1) is 24.4. The molecule has 0 N–H and O–H groups in total. The van der Waals surface area contributed by atoms with Crippen molar-refractivity contribution >= 4 is 120 Å². The highest BCUT2D eigenvalue weighted by atomic mass is 32.1.